The Morgan fingerprint density at radius 2 is 2.21 bits per heavy atom. The molecule has 2 aliphatic heterocycles. The lowest BCUT2D eigenvalue weighted by atomic mass is 9.98. The summed E-state index contributed by atoms with van der Waals surface area (Å²) in [5.41, 5.74) is 4.38. The van der Waals surface area contributed by atoms with Crippen LogP contribution < -0.4 is 10.1 Å². The zero-order valence-electron chi connectivity index (χ0n) is 17.6. The number of carbonyl (C=O) groups is 1. The highest BCUT2D eigenvalue weighted by atomic mass is 16.5. The summed E-state index contributed by atoms with van der Waals surface area (Å²) in [5, 5.41) is 3.43. The summed E-state index contributed by atoms with van der Waals surface area (Å²) in [6, 6.07) is 6.02. The van der Waals surface area contributed by atoms with E-state index >= 15 is 0 Å². The van der Waals surface area contributed by atoms with Crippen molar-refractivity contribution in [2.24, 2.45) is 0 Å². The van der Waals surface area contributed by atoms with Gasteiger partial charge in [0.05, 0.1) is 5.69 Å². The second-order valence-electron chi connectivity index (χ2n) is 8.28. The number of aromatic nitrogens is 2. The third-order valence-electron chi connectivity index (χ3n) is 5.91. The van der Waals surface area contributed by atoms with Crippen molar-refractivity contribution in [1.29, 1.82) is 0 Å². The lowest BCUT2D eigenvalue weighted by molar-refractivity contribution is -0.138. The third kappa shape index (κ3) is 4.42. The molecule has 1 amide bonds. The second-order valence-corrected chi connectivity index (χ2v) is 8.28. The topological polar surface area (TPSA) is 67.3 Å². The molecule has 0 radical (unpaired) electrons. The van der Waals surface area contributed by atoms with Crippen LogP contribution in [0.1, 0.15) is 53.9 Å². The van der Waals surface area contributed by atoms with Crippen molar-refractivity contribution in [2.45, 2.75) is 58.6 Å². The summed E-state index contributed by atoms with van der Waals surface area (Å²) in [7, 11) is 0. The fraction of sp³-hybridized carbons (Fsp3) is 0.522. The van der Waals surface area contributed by atoms with Crippen molar-refractivity contribution >= 4 is 5.91 Å². The van der Waals surface area contributed by atoms with Crippen LogP contribution in [-0.2, 0) is 17.8 Å². The zero-order valence-corrected chi connectivity index (χ0v) is 17.6. The molecule has 2 atom stereocenters. The molecule has 4 rings (SSSR count). The minimum absolute atomic E-state index is 0.0104. The van der Waals surface area contributed by atoms with Crippen LogP contribution >= 0.6 is 0 Å². The zero-order chi connectivity index (χ0) is 20.4. The molecule has 0 unspecified atom stereocenters. The number of piperidine rings is 1. The Hall–Kier alpha value is -2.47. The van der Waals surface area contributed by atoms with Gasteiger partial charge in [-0.25, -0.2) is 9.97 Å². The molecule has 154 valence electrons. The number of aryl methyl sites for hydroxylation is 2. The Morgan fingerprint density at radius 3 is 2.97 bits per heavy atom. The van der Waals surface area contributed by atoms with Crippen LogP contribution in [0.3, 0.4) is 0 Å². The highest BCUT2D eigenvalue weighted by Crippen LogP contribution is 2.25. The van der Waals surface area contributed by atoms with Crippen molar-refractivity contribution in [1.82, 2.24) is 20.2 Å². The molecule has 6 heteroatoms. The molecule has 3 heterocycles. The van der Waals surface area contributed by atoms with Crippen LogP contribution in [0, 0.1) is 13.8 Å². The van der Waals surface area contributed by atoms with Crippen molar-refractivity contribution in [3.05, 3.63) is 52.6 Å². The van der Waals surface area contributed by atoms with E-state index in [1.54, 1.807) is 0 Å². The van der Waals surface area contributed by atoms with Crippen molar-refractivity contribution in [3.8, 4) is 5.75 Å². The Balaban J connectivity index is 1.41. The van der Waals surface area contributed by atoms with Gasteiger partial charge in [0.25, 0.3) is 5.91 Å². The van der Waals surface area contributed by atoms with Crippen molar-refractivity contribution < 1.29 is 9.53 Å². The molecule has 0 bridgehead atoms. The first-order valence-corrected chi connectivity index (χ1v) is 10.6. The van der Waals surface area contributed by atoms with Gasteiger partial charge in [0.1, 0.15) is 11.6 Å². The fourth-order valence-electron chi connectivity index (χ4n) is 4.22. The van der Waals surface area contributed by atoms with E-state index in [-0.39, 0.29) is 5.91 Å². The van der Waals surface area contributed by atoms with E-state index < -0.39 is 6.10 Å². The molecule has 0 saturated carbocycles. The quantitative estimate of drug-likeness (QED) is 0.864. The minimum atomic E-state index is -0.522. The van der Waals surface area contributed by atoms with E-state index in [9.17, 15) is 4.79 Å². The number of nitrogens with zero attached hydrogens (tertiary/aromatic N) is 3. The number of carbonyl (C=O) groups excluding carboxylic acids is 1. The first-order valence-electron chi connectivity index (χ1n) is 10.6. The van der Waals surface area contributed by atoms with Gasteiger partial charge >= 0.3 is 0 Å². The summed E-state index contributed by atoms with van der Waals surface area (Å²) in [4.78, 5) is 24.3. The molecular formula is C23H30N4O2. The standard InChI is InChI=1S/C23H30N4O2/c1-15-6-7-21(16(2)11-15)29-17(3)23(28)27-10-8-20-19(14-27)13-25-22(26-20)18-5-4-9-24-12-18/h6-7,11,13,17-18,24H,4-5,8-10,12,14H2,1-3H3/t17-,18+/m0/s1. The molecule has 0 spiro atoms. The van der Waals surface area contributed by atoms with E-state index in [0.29, 0.717) is 19.0 Å². The van der Waals surface area contributed by atoms with Gasteiger partial charge in [0.15, 0.2) is 6.10 Å². The van der Waals surface area contributed by atoms with Crippen LogP contribution in [0.15, 0.2) is 24.4 Å². The number of nitrogens with one attached hydrogen (secondary N) is 1. The third-order valence-corrected chi connectivity index (χ3v) is 5.91. The summed E-state index contributed by atoms with van der Waals surface area (Å²) >= 11 is 0. The maximum atomic E-state index is 13.0. The average Bonchev–Trinajstić information content (AvgIpc) is 2.75. The first-order chi connectivity index (χ1) is 14.0. The molecule has 1 aromatic carbocycles. The maximum Gasteiger partial charge on any atom is 0.263 e. The highest BCUT2D eigenvalue weighted by molar-refractivity contribution is 5.81. The van der Waals surface area contributed by atoms with Crippen LogP contribution in [0.5, 0.6) is 5.75 Å². The highest BCUT2D eigenvalue weighted by Gasteiger charge is 2.28. The van der Waals surface area contributed by atoms with Gasteiger partial charge < -0.3 is 15.0 Å². The molecule has 2 aromatic rings. The van der Waals surface area contributed by atoms with Gasteiger partial charge in [0.2, 0.25) is 0 Å². The number of rotatable bonds is 4. The molecule has 29 heavy (non-hydrogen) atoms. The number of benzene rings is 1. The van der Waals surface area contributed by atoms with Crippen LogP contribution in [-0.4, -0.2) is 46.5 Å². The normalized spacial score (nSPS) is 20.1. The summed E-state index contributed by atoms with van der Waals surface area (Å²) in [5.74, 6) is 2.13. The van der Waals surface area contributed by atoms with Gasteiger partial charge in [-0.05, 0) is 51.8 Å². The monoisotopic (exact) mass is 394 g/mol. The Bertz CT molecular complexity index is 892. The van der Waals surface area contributed by atoms with Crippen molar-refractivity contribution in [2.75, 3.05) is 19.6 Å². The summed E-state index contributed by atoms with van der Waals surface area (Å²) in [6.07, 6.45) is 4.48. The molecule has 2 aliphatic rings. The number of amides is 1. The fourth-order valence-corrected chi connectivity index (χ4v) is 4.22. The molecule has 1 saturated heterocycles. The molecular weight excluding hydrogens is 364 g/mol. The van der Waals surface area contributed by atoms with Gasteiger partial charge in [-0.1, -0.05) is 17.7 Å². The largest absolute Gasteiger partial charge is 0.481 e. The van der Waals surface area contributed by atoms with Gasteiger partial charge in [0, 0.05) is 43.7 Å². The molecule has 0 aliphatic carbocycles. The molecule has 6 nitrogen and oxygen atoms in total. The van der Waals surface area contributed by atoms with Crippen molar-refractivity contribution in [3.63, 3.8) is 0 Å². The number of ether oxygens (including phenoxy) is 1. The summed E-state index contributed by atoms with van der Waals surface area (Å²) < 4.78 is 5.97. The van der Waals surface area contributed by atoms with Gasteiger partial charge in [-0.2, -0.15) is 0 Å². The van der Waals surface area contributed by atoms with E-state index in [4.69, 9.17) is 9.72 Å². The van der Waals surface area contributed by atoms with E-state index in [2.05, 4.69) is 23.3 Å². The summed E-state index contributed by atoms with van der Waals surface area (Å²) in [6.45, 7) is 9.15. The Kier molecular flexibility index (Phi) is 5.81. The van der Waals surface area contributed by atoms with Gasteiger partial charge in [-0.3, -0.25) is 4.79 Å². The molecule has 1 aromatic heterocycles. The Morgan fingerprint density at radius 1 is 1.34 bits per heavy atom. The number of fused-ring (bicyclic) bond motifs is 1. The van der Waals surface area contributed by atoms with E-state index in [0.717, 1.165) is 54.3 Å². The smallest absolute Gasteiger partial charge is 0.263 e. The lowest BCUT2D eigenvalue weighted by Crippen LogP contribution is -2.43. The lowest BCUT2D eigenvalue weighted by Gasteiger charge is -2.31. The van der Waals surface area contributed by atoms with E-state index in [1.165, 1.54) is 12.0 Å². The predicted octanol–water partition coefficient (Wildman–Crippen LogP) is 2.91. The average molecular weight is 395 g/mol. The number of hydrogen-bond donors (Lipinski definition) is 1. The molecule has 1 N–H and O–H groups in total. The predicted molar refractivity (Wildman–Crippen MR) is 112 cm³/mol. The van der Waals surface area contributed by atoms with Crippen LogP contribution in [0.2, 0.25) is 0 Å². The first kappa shape index (κ1) is 19.8. The maximum absolute atomic E-state index is 13.0. The number of hydrogen-bond acceptors (Lipinski definition) is 5. The second kappa shape index (κ2) is 8.49. The minimum Gasteiger partial charge on any atom is -0.481 e. The van der Waals surface area contributed by atoms with Gasteiger partial charge in [-0.15, -0.1) is 0 Å². The molecule has 1 fully saturated rings. The SMILES string of the molecule is Cc1ccc(O[C@@H](C)C(=O)N2CCc3nc([C@@H]4CCCNC4)ncc3C2)c(C)c1. The Labute approximate surface area is 172 Å². The van der Waals surface area contributed by atoms with E-state index in [1.807, 2.05) is 37.1 Å². The van der Waals surface area contributed by atoms with Crippen LogP contribution in [0.25, 0.3) is 0 Å². The van der Waals surface area contributed by atoms with Crippen LogP contribution in [0.4, 0.5) is 0 Å².